The lowest BCUT2D eigenvalue weighted by atomic mass is 10.4. The highest BCUT2D eigenvalue weighted by atomic mass is 16.5. The Kier molecular flexibility index (Phi) is 5.26. The molecular weight excluding hydrogens is 120 g/mol. The first-order valence-corrected chi connectivity index (χ1v) is 2.70. The molecule has 0 aromatic carbocycles. The number of methoxy groups -OCH3 is 1. The molecule has 0 aliphatic rings. The van der Waals surface area contributed by atoms with Crippen molar-refractivity contribution in [3.63, 3.8) is 0 Å². The molecule has 0 aliphatic heterocycles. The summed E-state index contributed by atoms with van der Waals surface area (Å²) in [6.07, 6.45) is 0.742. The molecule has 3 nitrogen and oxygen atoms in total. The van der Waals surface area contributed by atoms with Crippen molar-refractivity contribution in [2.24, 2.45) is 0 Å². The maximum absolute atomic E-state index is 8.88. The molecule has 0 spiro atoms. The summed E-state index contributed by atoms with van der Waals surface area (Å²) < 4.78 is 9.32. The lowest BCUT2D eigenvalue weighted by Crippen LogP contribution is -2.19. The van der Waals surface area contributed by atoms with Crippen LogP contribution in [0.2, 0.25) is 0 Å². The molecule has 1 N–H and O–H groups in total. The van der Waals surface area contributed by atoms with Crippen molar-refractivity contribution in [2.45, 2.75) is 6.10 Å². The van der Waals surface area contributed by atoms with Crippen molar-refractivity contribution < 1.29 is 14.6 Å². The number of hydrogen-bond donors (Lipinski definition) is 1. The number of hydrogen-bond acceptors (Lipinski definition) is 3. The van der Waals surface area contributed by atoms with Gasteiger partial charge in [-0.15, -0.1) is 0 Å². The van der Waals surface area contributed by atoms with Crippen LogP contribution in [0.25, 0.3) is 0 Å². The average molecular weight is 132 g/mol. The van der Waals surface area contributed by atoms with Gasteiger partial charge < -0.3 is 14.6 Å². The van der Waals surface area contributed by atoms with Gasteiger partial charge in [-0.05, 0) is 0 Å². The van der Waals surface area contributed by atoms with Gasteiger partial charge in [0.1, 0.15) is 12.7 Å². The van der Waals surface area contributed by atoms with Crippen LogP contribution in [0.15, 0.2) is 12.8 Å². The predicted molar refractivity (Wildman–Crippen MR) is 34.0 cm³/mol. The van der Waals surface area contributed by atoms with Crippen molar-refractivity contribution in [1.29, 1.82) is 0 Å². The Morgan fingerprint density at radius 3 is 2.78 bits per heavy atom. The third-order valence-corrected chi connectivity index (χ3v) is 0.766. The monoisotopic (exact) mass is 132 g/mol. The van der Waals surface area contributed by atoms with Crippen molar-refractivity contribution in [3.8, 4) is 0 Å². The maximum atomic E-state index is 8.88. The highest BCUT2D eigenvalue weighted by molar-refractivity contribution is 4.55. The molecular formula is C6H12O3. The van der Waals surface area contributed by atoms with Crippen molar-refractivity contribution in [2.75, 3.05) is 20.3 Å². The van der Waals surface area contributed by atoms with E-state index >= 15 is 0 Å². The van der Waals surface area contributed by atoms with E-state index in [1.807, 2.05) is 0 Å². The molecule has 0 aromatic heterocycles. The normalized spacial score (nSPS) is 12.7. The molecule has 0 fully saturated rings. The summed E-state index contributed by atoms with van der Waals surface area (Å²) in [4.78, 5) is 0. The first-order valence-electron chi connectivity index (χ1n) is 2.70. The quantitative estimate of drug-likeness (QED) is 0.541. The maximum Gasteiger partial charge on any atom is 0.115 e. The molecule has 0 amide bonds. The predicted octanol–water partition coefficient (Wildman–Crippen LogP) is 0.154. The van der Waals surface area contributed by atoms with Crippen LogP contribution in [-0.2, 0) is 9.47 Å². The van der Waals surface area contributed by atoms with E-state index in [0.717, 1.165) is 0 Å². The molecule has 0 aromatic rings. The van der Waals surface area contributed by atoms with Gasteiger partial charge in [-0.1, -0.05) is 6.58 Å². The van der Waals surface area contributed by atoms with Crippen LogP contribution in [0, 0.1) is 0 Å². The molecule has 0 saturated heterocycles. The fourth-order valence-corrected chi connectivity index (χ4v) is 0.420. The van der Waals surface area contributed by atoms with E-state index in [-0.39, 0.29) is 6.61 Å². The van der Waals surface area contributed by atoms with Crippen LogP contribution in [0.3, 0.4) is 0 Å². The van der Waals surface area contributed by atoms with E-state index in [1.54, 1.807) is 0 Å². The Bertz CT molecular complexity index is 72.7. The zero-order valence-electron chi connectivity index (χ0n) is 5.54. The molecule has 54 valence electrons. The molecule has 1 atom stereocenters. The van der Waals surface area contributed by atoms with E-state index in [1.165, 1.54) is 13.4 Å². The summed E-state index contributed by atoms with van der Waals surface area (Å²) in [5.74, 6) is 0. The number of aliphatic hydroxyl groups excluding tert-OH is 1. The zero-order valence-corrected chi connectivity index (χ0v) is 5.54. The largest absolute Gasteiger partial charge is 0.499 e. The molecule has 0 radical (unpaired) electrons. The third kappa shape index (κ3) is 5.33. The lowest BCUT2D eigenvalue weighted by Gasteiger charge is -2.07. The molecule has 0 rings (SSSR count). The number of ether oxygens (including phenoxy) is 2. The molecule has 9 heavy (non-hydrogen) atoms. The molecule has 0 aliphatic carbocycles. The van der Waals surface area contributed by atoms with Crippen molar-refractivity contribution >= 4 is 0 Å². The summed E-state index contributed by atoms with van der Waals surface area (Å²) in [5, 5.41) is 8.88. The van der Waals surface area contributed by atoms with Gasteiger partial charge in [-0.25, -0.2) is 0 Å². The van der Waals surface area contributed by atoms with Gasteiger partial charge >= 0.3 is 0 Å². The first kappa shape index (κ1) is 8.46. The molecule has 0 heterocycles. The van der Waals surface area contributed by atoms with Gasteiger partial charge in [0.2, 0.25) is 0 Å². The fraction of sp³-hybridized carbons (Fsp3) is 0.667. The van der Waals surface area contributed by atoms with Gasteiger partial charge in [-0.2, -0.15) is 0 Å². The Hall–Kier alpha value is -0.540. The molecule has 1 unspecified atom stereocenters. The van der Waals surface area contributed by atoms with Crippen LogP contribution in [0.4, 0.5) is 0 Å². The Morgan fingerprint density at radius 1 is 1.67 bits per heavy atom. The summed E-state index contributed by atoms with van der Waals surface area (Å²) >= 11 is 0. The molecule has 0 bridgehead atoms. The fourth-order valence-electron chi connectivity index (χ4n) is 0.420. The highest BCUT2D eigenvalue weighted by Gasteiger charge is 2.00. The minimum atomic E-state index is -0.548. The summed E-state index contributed by atoms with van der Waals surface area (Å²) in [5.41, 5.74) is 0. The van der Waals surface area contributed by atoms with Crippen LogP contribution < -0.4 is 0 Å². The molecule has 0 saturated carbocycles. The highest BCUT2D eigenvalue weighted by Crippen LogP contribution is 1.85. The Morgan fingerprint density at radius 2 is 2.33 bits per heavy atom. The van der Waals surface area contributed by atoms with Gasteiger partial charge in [0, 0.05) is 7.11 Å². The van der Waals surface area contributed by atoms with Crippen molar-refractivity contribution in [3.05, 3.63) is 12.8 Å². The van der Waals surface area contributed by atoms with Gasteiger partial charge in [-0.3, -0.25) is 0 Å². The molecule has 3 heteroatoms. The van der Waals surface area contributed by atoms with E-state index in [2.05, 4.69) is 16.1 Å². The number of rotatable bonds is 5. The lowest BCUT2D eigenvalue weighted by molar-refractivity contribution is 0.0205. The minimum absolute atomic E-state index is 0.247. The third-order valence-electron chi connectivity index (χ3n) is 0.766. The Labute approximate surface area is 54.9 Å². The summed E-state index contributed by atoms with van der Waals surface area (Å²) in [7, 11) is 1.52. The van der Waals surface area contributed by atoms with Gasteiger partial charge in [0.05, 0.1) is 12.9 Å². The number of aliphatic hydroxyl groups is 1. The van der Waals surface area contributed by atoms with E-state index in [4.69, 9.17) is 5.11 Å². The summed E-state index contributed by atoms with van der Waals surface area (Å²) in [6, 6.07) is 0. The van der Waals surface area contributed by atoms with E-state index < -0.39 is 6.10 Å². The minimum Gasteiger partial charge on any atom is -0.499 e. The second kappa shape index (κ2) is 5.59. The average Bonchev–Trinajstić information content (AvgIpc) is 1.85. The zero-order chi connectivity index (χ0) is 7.11. The summed E-state index contributed by atoms with van der Waals surface area (Å²) in [6.45, 7) is 3.87. The van der Waals surface area contributed by atoms with E-state index in [9.17, 15) is 0 Å². The SMILES string of the molecule is C=COCC(O)COC. The Balaban J connectivity index is 3.04. The first-order chi connectivity index (χ1) is 4.31. The van der Waals surface area contributed by atoms with Gasteiger partial charge in [0.15, 0.2) is 0 Å². The van der Waals surface area contributed by atoms with Crippen LogP contribution in [0.5, 0.6) is 0 Å². The van der Waals surface area contributed by atoms with Crippen LogP contribution in [-0.4, -0.2) is 31.5 Å². The van der Waals surface area contributed by atoms with Crippen LogP contribution >= 0.6 is 0 Å². The standard InChI is InChI=1S/C6H12O3/c1-3-9-5-6(7)4-8-2/h3,6-7H,1,4-5H2,2H3. The second-order valence-corrected chi connectivity index (χ2v) is 1.61. The topological polar surface area (TPSA) is 38.7 Å². The van der Waals surface area contributed by atoms with Crippen molar-refractivity contribution in [1.82, 2.24) is 0 Å². The van der Waals surface area contributed by atoms with E-state index in [0.29, 0.717) is 6.61 Å². The van der Waals surface area contributed by atoms with Gasteiger partial charge in [0.25, 0.3) is 0 Å². The van der Waals surface area contributed by atoms with Crippen LogP contribution in [0.1, 0.15) is 0 Å². The second-order valence-electron chi connectivity index (χ2n) is 1.61. The smallest absolute Gasteiger partial charge is 0.115 e.